The molecule has 0 heterocycles. The summed E-state index contributed by atoms with van der Waals surface area (Å²) >= 11 is -3.50. The molecule has 0 aromatic carbocycles. The molecule has 50 valence electrons. The molecule has 0 nitrogen and oxygen atoms in total. The van der Waals surface area contributed by atoms with E-state index in [4.69, 9.17) is 0 Å². The van der Waals surface area contributed by atoms with E-state index in [1.165, 1.54) is 21.4 Å². The molecule has 0 aliphatic heterocycles. The first kappa shape index (κ1) is 9.20. The first-order valence-electron chi connectivity index (χ1n) is 2.63. The van der Waals surface area contributed by atoms with Crippen LogP contribution in [0.3, 0.4) is 0 Å². The van der Waals surface area contributed by atoms with Crippen LogP contribution in [0.4, 0.5) is 6.37 Å². The number of halogens is 2. The molecule has 0 radical (unpaired) electrons. The summed E-state index contributed by atoms with van der Waals surface area (Å²) in [4.78, 5) is 3.04. The van der Waals surface area contributed by atoms with Gasteiger partial charge in [-0.2, -0.15) is 0 Å². The van der Waals surface area contributed by atoms with E-state index in [1.807, 2.05) is 0 Å². The molecule has 0 unspecified atom stereocenters. The van der Waals surface area contributed by atoms with Crippen LogP contribution in [0.25, 0.3) is 0 Å². The third-order valence-corrected chi connectivity index (χ3v) is 49.3. The number of hydrogen-bond donors (Lipinski definition) is 0. The fraction of sp³-hybridized carbons (Fsp3) is 1.00. The van der Waals surface area contributed by atoms with Crippen LogP contribution in [-0.4, -0.2) is 27.0 Å². The normalized spacial score (nSPS) is 14.2. The quantitative estimate of drug-likeness (QED) is 0.650. The molecule has 0 aliphatic rings. The molecule has 0 amide bonds. The summed E-state index contributed by atoms with van der Waals surface area (Å²) in [7, 11) is -3.27. The van der Waals surface area contributed by atoms with Crippen molar-refractivity contribution in [1.29, 1.82) is 0 Å². The molecular formula is C4H12F2GeSn. The monoisotopic (exact) mass is 292 g/mol. The van der Waals surface area contributed by atoms with Gasteiger partial charge in [-0.3, -0.25) is 0 Å². The molecule has 0 saturated heterocycles. The summed E-state index contributed by atoms with van der Waals surface area (Å²) in [5, 5.41) is 0. The predicted molar refractivity (Wildman–Crippen MR) is 37.2 cm³/mol. The average Bonchev–Trinajstić information content (AvgIpc) is 1.25. The van der Waals surface area contributed by atoms with E-state index >= 15 is 0 Å². The van der Waals surface area contributed by atoms with Gasteiger partial charge in [-0.1, -0.05) is 0 Å². The van der Waals surface area contributed by atoms with Crippen LogP contribution < -0.4 is 0 Å². The van der Waals surface area contributed by atoms with Gasteiger partial charge in [-0.25, -0.2) is 0 Å². The van der Waals surface area contributed by atoms with Crippen LogP contribution in [0.15, 0.2) is 0 Å². The van der Waals surface area contributed by atoms with Crippen molar-refractivity contribution in [3.63, 3.8) is 0 Å². The van der Waals surface area contributed by atoms with E-state index in [0.717, 1.165) is 0 Å². The molecular weight excluding hydrogens is 277 g/mol. The third-order valence-electron chi connectivity index (χ3n) is 1.41. The van der Waals surface area contributed by atoms with Gasteiger partial charge in [0.05, 0.1) is 0 Å². The van der Waals surface area contributed by atoms with Crippen molar-refractivity contribution in [2.75, 3.05) is 0 Å². The minimum absolute atomic E-state index is 1.51. The molecule has 0 bridgehead atoms. The molecule has 0 rings (SSSR count). The average molecular weight is 289 g/mol. The second kappa shape index (κ2) is 2.44. The summed E-state index contributed by atoms with van der Waals surface area (Å²) in [5.74, 6) is 3.02. The van der Waals surface area contributed by atoms with Crippen LogP contribution in [0, 0.1) is 0 Å². The van der Waals surface area contributed by atoms with Gasteiger partial charge in [0, 0.05) is 0 Å². The van der Waals surface area contributed by atoms with Crippen molar-refractivity contribution in [1.82, 2.24) is 0 Å². The molecule has 0 fully saturated rings. The zero-order valence-electron chi connectivity index (χ0n) is 5.76. The SMILES string of the molecule is [CH3][Ge]([CH3])([F])[Sn]([CH3])([CH3])[F]. The van der Waals surface area contributed by atoms with Gasteiger partial charge in [-0.05, 0) is 0 Å². The van der Waals surface area contributed by atoms with Crippen LogP contribution >= 0.6 is 0 Å². The Morgan fingerprint density at radius 3 is 1.38 bits per heavy atom. The first-order valence-corrected chi connectivity index (χ1v) is 22.9. The molecule has 0 aromatic heterocycles. The van der Waals surface area contributed by atoms with Gasteiger partial charge in [0.2, 0.25) is 0 Å². The summed E-state index contributed by atoms with van der Waals surface area (Å²) < 4.78 is 25.6. The van der Waals surface area contributed by atoms with Crippen molar-refractivity contribution < 1.29 is 6.37 Å². The van der Waals surface area contributed by atoms with Gasteiger partial charge in [0.15, 0.2) is 0 Å². The Hall–Kier alpha value is 1.20. The zero-order valence-corrected chi connectivity index (χ0v) is 10.7. The van der Waals surface area contributed by atoms with Gasteiger partial charge < -0.3 is 0 Å². The Morgan fingerprint density at radius 2 is 1.38 bits per heavy atom. The van der Waals surface area contributed by atoms with Crippen molar-refractivity contribution in [3.05, 3.63) is 0 Å². The molecule has 4 heteroatoms. The van der Waals surface area contributed by atoms with Crippen LogP contribution in [0.1, 0.15) is 0 Å². The third kappa shape index (κ3) is 2.66. The van der Waals surface area contributed by atoms with Gasteiger partial charge in [-0.15, -0.1) is 0 Å². The van der Waals surface area contributed by atoms with Crippen molar-refractivity contribution in [3.8, 4) is 0 Å². The molecule has 0 aliphatic carbocycles. The van der Waals surface area contributed by atoms with Crippen LogP contribution in [-0.2, 0) is 0 Å². The maximum absolute atomic E-state index is 12.8. The van der Waals surface area contributed by atoms with Gasteiger partial charge in [0.25, 0.3) is 0 Å². The molecule has 0 atom stereocenters. The topological polar surface area (TPSA) is 0 Å². The molecule has 0 N–H and O–H groups in total. The Labute approximate surface area is 54.6 Å². The fourth-order valence-electron chi connectivity index (χ4n) is 0. The van der Waals surface area contributed by atoms with Gasteiger partial charge in [0.1, 0.15) is 0 Å². The standard InChI is InChI=1S/C2H6FGe.2CH3.FH.Sn/c1-4(2)3;;;;/h1-2H3;2*1H3;1H;/q;;;;+1/p-1. The van der Waals surface area contributed by atoms with E-state index in [-0.39, 0.29) is 0 Å². The summed E-state index contributed by atoms with van der Waals surface area (Å²) in [6.45, 7) is 0. The van der Waals surface area contributed by atoms with E-state index in [1.54, 1.807) is 0 Å². The van der Waals surface area contributed by atoms with E-state index in [2.05, 4.69) is 0 Å². The van der Waals surface area contributed by atoms with Crippen LogP contribution in [0.2, 0.25) is 21.4 Å². The zero-order chi connectivity index (χ0) is 7.00. The molecule has 0 spiro atoms. The predicted octanol–water partition coefficient (Wildman–Crippen LogP) is 2.41. The Kier molecular flexibility index (Phi) is 2.81. The molecule has 8 heavy (non-hydrogen) atoms. The Morgan fingerprint density at radius 1 is 1.25 bits per heavy atom. The van der Waals surface area contributed by atoms with Gasteiger partial charge >= 0.3 is 54.8 Å². The van der Waals surface area contributed by atoms with Crippen molar-refractivity contribution in [2.24, 2.45) is 0 Å². The maximum atomic E-state index is 12.8. The summed E-state index contributed by atoms with van der Waals surface area (Å²) in [5.41, 5.74) is 0. The summed E-state index contributed by atoms with van der Waals surface area (Å²) in [6.07, 6.45) is 0. The fourth-order valence-corrected chi connectivity index (χ4v) is 0. The first-order chi connectivity index (χ1) is 3.25. The minimum atomic E-state index is -3.50. The molecule has 0 aromatic rings. The second-order valence-electron chi connectivity index (χ2n) is 2.94. The number of rotatable bonds is 1. The molecule has 0 saturated carbocycles. The van der Waals surface area contributed by atoms with Crippen LogP contribution in [0.5, 0.6) is 0 Å². The van der Waals surface area contributed by atoms with E-state index in [9.17, 15) is 6.37 Å². The van der Waals surface area contributed by atoms with Crippen molar-refractivity contribution >= 4 is 27.0 Å². The number of hydrogen-bond acceptors (Lipinski definition) is 0. The Balaban J connectivity index is 4.02. The summed E-state index contributed by atoms with van der Waals surface area (Å²) in [6, 6.07) is 0. The van der Waals surface area contributed by atoms with E-state index in [0.29, 0.717) is 0 Å². The Bertz CT molecular complexity index is 69.0. The van der Waals surface area contributed by atoms with E-state index < -0.39 is 27.0 Å². The second-order valence-corrected chi connectivity index (χ2v) is 51.9. The van der Waals surface area contributed by atoms with Crippen molar-refractivity contribution in [2.45, 2.75) is 21.4 Å².